The van der Waals surface area contributed by atoms with E-state index in [2.05, 4.69) is 15.7 Å². The van der Waals surface area contributed by atoms with Gasteiger partial charge in [0.25, 0.3) is 11.8 Å². The molecule has 0 atom stereocenters. The van der Waals surface area contributed by atoms with Gasteiger partial charge in [0.15, 0.2) is 0 Å². The lowest BCUT2D eigenvalue weighted by molar-refractivity contribution is 0.0955. The topological polar surface area (TPSA) is 76.0 Å². The molecule has 0 aliphatic heterocycles. The quantitative estimate of drug-likeness (QED) is 0.455. The number of hydrogen-bond donors (Lipinski definition) is 2. The van der Waals surface area contributed by atoms with Crippen LogP contribution in [0.4, 0.5) is 5.69 Å². The van der Waals surface area contributed by atoms with Crippen LogP contribution in [0, 0.1) is 0 Å². The standard InChI is InChI=1S/C26H24N4O2/c1-2-27-25(31)21-12-14-22(15-13-21)29-26(32)24-7-4-3-6-23(24)20-10-8-19(9-11-20)18-30-17-5-16-28-30/h3-17H,2,18H2,1H3,(H,27,31)(H,29,32). The number of carbonyl (C=O) groups is 2. The Balaban J connectivity index is 1.50. The molecule has 3 aromatic carbocycles. The molecule has 32 heavy (non-hydrogen) atoms. The first-order valence-corrected chi connectivity index (χ1v) is 10.5. The number of nitrogens with one attached hydrogen (secondary N) is 2. The molecule has 0 saturated heterocycles. The van der Waals surface area contributed by atoms with Crippen molar-refractivity contribution in [2.75, 3.05) is 11.9 Å². The van der Waals surface area contributed by atoms with Crippen molar-refractivity contribution in [2.24, 2.45) is 0 Å². The van der Waals surface area contributed by atoms with Crippen LogP contribution in [0.25, 0.3) is 11.1 Å². The molecule has 2 amide bonds. The third-order valence-corrected chi connectivity index (χ3v) is 5.08. The Labute approximate surface area is 186 Å². The van der Waals surface area contributed by atoms with Crippen LogP contribution in [-0.4, -0.2) is 28.1 Å². The number of aromatic nitrogens is 2. The summed E-state index contributed by atoms with van der Waals surface area (Å²) in [4.78, 5) is 24.9. The van der Waals surface area contributed by atoms with Gasteiger partial charge in [-0.15, -0.1) is 0 Å². The van der Waals surface area contributed by atoms with E-state index >= 15 is 0 Å². The minimum absolute atomic E-state index is 0.133. The minimum Gasteiger partial charge on any atom is -0.352 e. The molecule has 0 unspecified atom stereocenters. The van der Waals surface area contributed by atoms with Gasteiger partial charge < -0.3 is 10.6 Å². The van der Waals surface area contributed by atoms with Crippen molar-refractivity contribution in [3.63, 3.8) is 0 Å². The van der Waals surface area contributed by atoms with Crippen LogP contribution in [0.5, 0.6) is 0 Å². The summed E-state index contributed by atoms with van der Waals surface area (Å²) in [5.74, 6) is -0.335. The van der Waals surface area contributed by atoms with E-state index in [9.17, 15) is 9.59 Å². The van der Waals surface area contributed by atoms with Crippen LogP contribution in [0.15, 0.2) is 91.3 Å². The maximum Gasteiger partial charge on any atom is 0.256 e. The molecule has 4 aromatic rings. The summed E-state index contributed by atoms with van der Waals surface area (Å²) in [7, 11) is 0. The van der Waals surface area contributed by atoms with Crippen LogP contribution in [0.1, 0.15) is 33.2 Å². The van der Waals surface area contributed by atoms with Crippen molar-refractivity contribution >= 4 is 17.5 Å². The van der Waals surface area contributed by atoms with Gasteiger partial charge in [-0.3, -0.25) is 14.3 Å². The van der Waals surface area contributed by atoms with Crippen LogP contribution in [0.2, 0.25) is 0 Å². The predicted octanol–water partition coefficient (Wildman–Crippen LogP) is 4.60. The molecule has 160 valence electrons. The van der Waals surface area contributed by atoms with Crippen molar-refractivity contribution < 1.29 is 9.59 Å². The second-order valence-corrected chi connectivity index (χ2v) is 7.34. The molecule has 0 bridgehead atoms. The first-order valence-electron chi connectivity index (χ1n) is 10.5. The van der Waals surface area contributed by atoms with Gasteiger partial charge in [-0.05, 0) is 60.0 Å². The zero-order valence-corrected chi connectivity index (χ0v) is 17.8. The number of anilines is 1. The van der Waals surface area contributed by atoms with E-state index in [1.165, 1.54) is 0 Å². The third-order valence-electron chi connectivity index (χ3n) is 5.08. The van der Waals surface area contributed by atoms with E-state index in [1.54, 1.807) is 30.5 Å². The second kappa shape index (κ2) is 9.75. The summed E-state index contributed by atoms with van der Waals surface area (Å²) in [5, 5.41) is 9.92. The van der Waals surface area contributed by atoms with E-state index in [-0.39, 0.29) is 11.8 Å². The molecule has 0 radical (unpaired) electrons. The van der Waals surface area contributed by atoms with Gasteiger partial charge in [0.1, 0.15) is 0 Å². The van der Waals surface area contributed by atoms with E-state index in [0.717, 1.165) is 16.7 Å². The molecule has 2 N–H and O–H groups in total. The molecule has 0 fully saturated rings. The van der Waals surface area contributed by atoms with E-state index < -0.39 is 0 Å². The fraction of sp³-hybridized carbons (Fsp3) is 0.115. The zero-order valence-electron chi connectivity index (χ0n) is 17.8. The maximum atomic E-state index is 13.0. The van der Waals surface area contributed by atoms with Crippen molar-refractivity contribution in [1.29, 1.82) is 0 Å². The summed E-state index contributed by atoms with van der Waals surface area (Å²) in [5.41, 5.74) is 4.72. The highest BCUT2D eigenvalue weighted by atomic mass is 16.2. The van der Waals surface area contributed by atoms with Crippen LogP contribution < -0.4 is 10.6 Å². The molecule has 6 heteroatoms. The first kappa shape index (κ1) is 21.1. The molecule has 6 nitrogen and oxygen atoms in total. The summed E-state index contributed by atoms with van der Waals surface area (Å²) in [6.07, 6.45) is 3.69. The van der Waals surface area contributed by atoms with Crippen molar-refractivity contribution in [2.45, 2.75) is 13.5 Å². The van der Waals surface area contributed by atoms with Crippen LogP contribution >= 0.6 is 0 Å². The van der Waals surface area contributed by atoms with Gasteiger partial charge in [-0.2, -0.15) is 5.10 Å². The predicted molar refractivity (Wildman–Crippen MR) is 126 cm³/mol. The fourth-order valence-electron chi connectivity index (χ4n) is 3.47. The Morgan fingerprint density at radius 1 is 0.875 bits per heavy atom. The Hall–Kier alpha value is -4.19. The lowest BCUT2D eigenvalue weighted by Crippen LogP contribution is -2.22. The Morgan fingerprint density at radius 3 is 2.31 bits per heavy atom. The summed E-state index contributed by atoms with van der Waals surface area (Å²) >= 11 is 0. The van der Waals surface area contributed by atoms with E-state index in [0.29, 0.717) is 29.9 Å². The molecule has 1 aromatic heterocycles. The molecule has 4 rings (SSSR count). The normalized spacial score (nSPS) is 10.5. The second-order valence-electron chi connectivity index (χ2n) is 7.34. The number of benzene rings is 3. The number of nitrogens with zero attached hydrogens (tertiary/aromatic N) is 2. The lowest BCUT2D eigenvalue weighted by atomic mass is 9.98. The Bertz CT molecular complexity index is 1200. The van der Waals surface area contributed by atoms with Gasteiger partial charge in [0.2, 0.25) is 0 Å². The van der Waals surface area contributed by atoms with Crippen LogP contribution in [-0.2, 0) is 6.54 Å². The van der Waals surface area contributed by atoms with Gasteiger partial charge in [0, 0.05) is 35.8 Å². The SMILES string of the molecule is CCNC(=O)c1ccc(NC(=O)c2ccccc2-c2ccc(Cn3cccn3)cc2)cc1. The number of carbonyl (C=O) groups excluding carboxylic acids is 2. The Kier molecular flexibility index (Phi) is 6.41. The van der Waals surface area contributed by atoms with Crippen molar-refractivity contribution in [3.8, 4) is 11.1 Å². The average Bonchev–Trinajstić information content (AvgIpc) is 3.33. The summed E-state index contributed by atoms with van der Waals surface area (Å²) < 4.78 is 1.87. The molecule has 1 heterocycles. The van der Waals surface area contributed by atoms with E-state index in [4.69, 9.17) is 0 Å². The third kappa shape index (κ3) is 4.92. The monoisotopic (exact) mass is 424 g/mol. The highest BCUT2D eigenvalue weighted by Crippen LogP contribution is 2.25. The summed E-state index contributed by atoms with van der Waals surface area (Å²) in [6, 6.07) is 24.4. The first-order chi connectivity index (χ1) is 15.6. The van der Waals surface area contributed by atoms with Gasteiger partial charge in [0.05, 0.1) is 6.54 Å². The van der Waals surface area contributed by atoms with Gasteiger partial charge in [-0.1, -0.05) is 42.5 Å². The average molecular weight is 425 g/mol. The van der Waals surface area contributed by atoms with Crippen molar-refractivity contribution in [3.05, 3.63) is 108 Å². The van der Waals surface area contributed by atoms with Gasteiger partial charge in [-0.25, -0.2) is 0 Å². The molecule has 0 saturated carbocycles. The maximum absolute atomic E-state index is 13.0. The molecular formula is C26H24N4O2. The molecular weight excluding hydrogens is 400 g/mol. The Morgan fingerprint density at radius 2 is 1.62 bits per heavy atom. The number of amides is 2. The van der Waals surface area contributed by atoms with Gasteiger partial charge >= 0.3 is 0 Å². The van der Waals surface area contributed by atoms with E-state index in [1.807, 2.05) is 72.4 Å². The van der Waals surface area contributed by atoms with Crippen LogP contribution in [0.3, 0.4) is 0 Å². The zero-order chi connectivity index (χ0) is 22.3. The molecule has 0 spiro atoms. The fourth-order valence-corrected chi connectivity index (χ4v) is 3.47. The molecule has 0 aliphatic rings. The smallest absolute Gasteiger partial charge is 0.256 e. The summed E-state index contributed by atoms with van der Waals surface area (Å²) in [6.45, 7) is 3.14. The molecule has 0 aliphatic carbocycles. The van der Waals surface area contributed by atoms with Crippen molar-refractivity contribution in [1.82, 2.24) is 15.1 Å². The highest BCUT2D eigenvalue weighted by Gasteiger charge is 2.13. The highest BCUT2D eigenvalue weighted by molar-refractivity contribution is 6.08. The minimum atomic E-state index is -0.202. The largest absolute Gasteiger partial charge is 0.352 e. The lowest BCUT2D eigenvalue weighted by Gasteiger charge is -2.12. The number of hydrogen-bond acceptors (Lipinski definition) is 3. The number of rotatable bonds is 7.